The summed E-state index contributed by atoms with van der Waals surface area (Å²) in [7, 11) is 1.31. The SMILES string of the molecule is COC(=O)C(Cc1c[nH]c2ccccc12)NC(=O)/C=C/c1ccccc1Br. The van der Waals surface area contributed by atoms with E-state index in [1.165, 1.54) is 13.2 Å². The number of hydrogen-bond acceptors (Lipinski definition) is 3. The Morgan fingerprint density at radius 2 is 1.93 bits per heavy atom. The molecule has 0 spiro atoms. The molecule has 27 heavy (non-hydrogen) atoms. The van der Waals surface area contributed by atoms with Gasteiger partial charge in [0.1, 0.15) is 6.04 Å². The first kappa shape index (κ1) is 18.9. The van der Waals surface area contributed by atoms with Crippen LogP contribution in [0.4, 0.5) is 0 Å². The van der Waals surface area contributed by atoms with E-state index in [2.05, 4.69) is 26.2 Å². The predicted octanol–water partition coefficient (Wildman–Crippen LogP) is 3.84. The van der Waals surface area contributed by atoms with Gasteiger partial charge in [0.25, 0.3) is 0 Å². The fraction of sp³-hybridized carbons (Fsp3) is 0.143. The van der Waals surface area contributed by atoms with Crippen molar-refractivity contribution in [2.24, 2.45) is 0 Å². The van der Waals surface area contributed by atoms with Crippen molar-refractivity contribution in [2.45, 2.75) is 12.5 Å². The highest BCUT2D eigenvalue weighted by molar-refractivity contribution is 9.10. The second-order valence-corrected chi connectivity index (χ2v) is 6.86. The van der Waals surface area contributed by atoms with Crippen molar-refractivity contribution in [1.29, 1.82) is 0 Å². The van der Waals surface area contributed by atoms with Gasteiger partial charge < -0.3 is 15.0 Å². The molecule has 3 rings (SSSR count). The van der Waals surface area contributed by atoms with E-state index < -0.39 is 12.0 Å². The first-order valence-corrected chi connectivity index (χ1v) is 9.23. The number of halogens is 1. The number of fused-ring (bicyclic) bond motifs is 1. The average Bonchev–Trinajstić information content (AvgIpc) is 3.09. The monoisotopic (exact) mass is 426 g/mol. The maximum atomic E-state index is 12.3. The largest absolute Gasteiger partial charge is 0.467 e. The molecule has 0 aliphatic heterocycles. The number of para-hydroxylation sites is 1. The molecular formula is C21H19BrN2O3. The Bertz CT molecular complexity index is 994. The molecule has 0 fully saturated rings. The van der Waals surface area contributed by atoms with Gasteiger partial charge in [-0.3, -0.25) is 4.79 Å². The molecular weight excluding hydrogens is 408 g/mol. The molecule has 5 nitrogen and oxygen atoms in total. The number of ether oxygens (including phenoxy) is 1. The second kappa shape index (κ2) is 8.68. The smallest absolute Gasteiger partial charge is 0.328 e. The first-order chi connectivity index (χ1) is 13.1. The van der Waals surface area contributed by atoms with Crippen molar-refractivity contribution >= 4 is 44.8 Å². The van der Waals surface area contributed by atoms with Gasteiger partial charge in [-0.2, -0.15) is 0 Å². The van der Waals surface area contributed by atoms with E-state index in [0.717, 1.165) is 26.5 Å². The van der Waals surface area contributed by atoms with Crippen molar-refractivity contribution < 1.29 is 14.3 Å². The zero-order valence-electron chi connectivity index (χ0n) is 14.7. The normalized spacial score (nSPS) is 12.2. The summed E-state index contributed by atoms with van der Waals surface area (Å²) < 4.78 is 5.75. The van der Waals surface area contributed by atoms with Gasteiger partial charge >= 0.3 is 5.97 Å². The molecule has 1 unspecified atom stereocenters. The molecule has 0 bridgehead atoms. The Morgan fingerprint density at radius 1 is 1.19 bits per heavy atom. The lowest BCUT2D eigenvalue weighted by Gasteiger charge is -2.15. The molecule has 0 aliphatic rings. The van der Waals surface area contributed by atoms with Crippen LogP contribution in [0.15, 0.2) is 65.3 Å². The number of methoxy groups -OCH3 is 1. The lowest BCUT2D eigenvalue weighted by Crippen LogP contribution is -2.42. The quantitative estimate of drug-likeness (QED) is 0.464. The molecule has 2 aromatic carbocycles. The summed E-state index contributed by atoms with van der Waals surface area (Å²) in [6.07, 6.45) is 5.29. The summed E-state index contributed by atoms with van der Waals surface area (Å²) in [5.41, 5.74) is 2.80. The number of esters is 1. The van der Waals surface area contributed by atoms with E-state index in [1.807, 2.05) is 54.7 Å². The van der Waals surface area contributed by atoms with Gasteiger partial charge in [0.15, 0.2) is 0 Å². The highest BCUT2D eigenvalue weighted by Crippen LogP contribution is 2.20. The van der Waals surface area contributed by atoms with Crippen molar-refractivity contribution in [1.82, 2.24) is 10.3 Å². The van der Waals surface area contributed by atoms with Crippen LogP contribution in [0.25, 0.3) is 17.0 Å². The van der Waals surface area contributed by atoms with Crippen LogP contribution >= 0.6 is 15.9 Å². The van der Waals surface area contributed by atoms with Crippen LogP contribution in [0.5, 0.6) is 0 Å². The topological polar surface area (TPSA) is 71.2 Å². The minimum absolute atomic E-state index is 0.339. The van der Waals surface area contributed by atoms with E-state index in [-0.39, 0.29) is 5.91 Å². The molecule has 0 saturated heterocycles. The van der Waals surface area contributed by atoms with Crippen LogP contribution in [0.1, 0.15) is 11.1 Å². The summed E-state index contributed by atoms with van der Waals surface area (Å²) in [6, 6.07) is 14.6. The number of hydrogen-bond donors (Lipinski definition) is 2. The molecule has 1 heterocycles. The third-order valence-electron chi connectivity index (χ3n) is 4.22. The summed E-state index contributed by atoms with van der Waals surface area (Å²) in [5.74, 6) is -0.844. The van der Waals surface area contributed by atoms with Crippen molar-refractivity contribution in [3.63, 3.8) is 0 Å². The van der Waals surface area contributed by atoms with E-state index in [4.69, 9.17) is 4.74 Å². The Kier molecular flexibility index (Phi) is 6.08. The molecule has 6 heteroatoms. The maximum Gasteiger partial charge on any atom is 0.328 e. The van der Waals surface area contributed by atoms with E-state index in [9.17, 15) is 9.59 Å². The maximum absolute atomic E-state index is 12.3. The van der Waals surface area contributed by atoms with Gasteiger partial charge in [0.05, 0.1) is 7.11 Å². The highest BCUT2D eigenvalue weighted by atomic mass is 79.9. The first-order valence-electron chi connectivity index (χ1n) is 8.44. The Morgan fingerprint density at radius 3 is 2.70 bits per heavy atom. The molecule has 0 radical (unpaired) electrons. The number of rotatable bonds is 6. The Labute approximate surface area is 165 Å². The van der Waals surface area contributed by atoms with Gasteiger partial charge in [-0.1, -0.05) is 52.3 Å². The number of H-pyrrole nitrogens is 1. The molecule has 2 N–H and O–H groups in total. The number of nitrogens with one attached hydrogen (secondary N) is 2. The lowest BCUT2D eigenvalue weighted by molar-refractivity contribution is -0.144. The van der Waals surface area contributed by atoms with Crippen LogP contribution < -0.4 is 5.32 Å². The van der Waals surface area contributed by atoms with Crippen LogP contribution in [-0.4, -0.2) is 30.0 Å². The number of carbonyl (C=O) groups excluding carboxylic acids is 2. The fourth-order valence-electron chi connectivity index (χ4n) is 2.85. The summed E-state index contributed by atoms with van der Waals surface area (Å²) in [5, 5.41) is 3.75. The van der Waals surface area contributed by atoms with Crippen molar-refractivity contribution in [3.8, 4) is 0 Å². The minimum Gasteiger partial charge on any atom is -0.467 e. The van der Waals surface area contributed by atoms with Gasteiger partial charge in [-0.15, -0.1) is 0 Å². The van der Waals surface area contributed by atoms with Crippen LogP contribution in [-0.2, 0) is 20.7 Å². The summed E-state index contributed by atoms with van der Waals surface area (Å²) >= 11 is 3.43. The minimum atomic E-state index is -0.773. The average molecular weight is 427 g/mol. The highest BCUT2D eigenvalue weighted by Gasteiger charge is 2.22. The second-order valence-electron chi connectivity index (χ2n) is 6.00. The van der Waals surface area contributed by atoms with Crippen LogP contribution in [0.3, 0.4) is 0 Å². The summed E-state index contributed by atoms with van der Waals surface area (Å²) in [6.45, 7) is 0. The van der Waals surface area contributed by atoms with Gasteiger partial charge in [0.2, 0.25) is 5.91 Å². The number of carbonyl (C=O) groups is 2. The predicted molar refractivity (Wildman–Crippen MR) is 109 cm³/mol. The van der Waals surface area contributed by atoms with Crippen molar-refractivity contribution in [2.75, 3.05) is 7.11 Å². The molecule has 0 saturated carbocycles. The zero-order valence-corrected chi connectivity index (χ0v) is 16.3. The number of aromatic amines is 1. The third kappa shape index (κ3) is 4.65. The molecule has 138 valence electrons. The Balaban J connectivity index is 1.74. The van der Waals surface area contributed by atoms with Crippen molar-refractivity contribution in [3.05, 3.63) is 76.4 Å². The number of amides is 1. The molecule has 1 atom stereocenters. The number of aromatic nitrogens is 1. The lowest BCUT2D eigenvalue weighted by atomic mass is 10.0. The molecule has 3 aromatic rings. The van der Waals surface area contributed by atoms with E-state index in [0.29, 0.717) is 6.42 Å². The van der Waals surface area contributed by atoms with Gasteiger partial charge in [0, 0.05) is 34.1 Å². The fourth-order valence-corrected chi connectivity index (χ4v) is 3.27. The van der Waals surface area contributed by atoms with Gasteiger partial charge in [-0.05, 0) is 29.3 Å². The summed E-state index contributed by atoms with van der Waals surface area (Å²) in [4.78, 5) is 27.7. The molecule has 1 amide bonds. The third-order valence-corrected chi connectivity index (χ3v) is 4.94. The van der Waals surface area contributed by atoms with E-state index in [1.54, 1.807) is 6.08 Å². The number of benzene rings is 2. The van der Waals surface area contributed by atoms with E-state index >= 15 is 0 Å². The van der Waals surface area contributed by atoms with Crippen LogP contribution in [0, 0.1) is 0 Å². The van der Waals surface area contributed by atoms with Crippen LogP contribution in [0.2, 0.25) is 0 Å². The molecule has 0 aliphatic carbocycles. The standard InChI is InChI=1S/C21H19BrN2O3/c1-27-21(26)19(12-15-13-23-18-9-5-3-7-16(15)18)24-20(25)11-10-14-6-2-4-8-17(14)22/h2-11,13,19,23H,12H2,1H3,(H,24,25)/b11-10+. The Hall–Kier alpha value is -2.86. The zero-order chi connectivity index (χ0) is 19.2. The van der Waals surface area contributed by atoms with Gasteiger partial charge in [-0.25, -0.2) is 4.79 Å². The molecule has 1 aromatic heterocycles.